The molecule has 1 aromatic heterocycles. The van der Waals surface area contributed by atoms with Crippen LogP contribution in [0.25, 0.3) is 0 Å². The SMILES string of the molecule is N[C@@H]1C[C@H]1c1ccc(NC(=O)c2cccn2CC(=O)c2ccccc2)cc1. The smallest absolute Gasteiger partial charge is 0.272 e. The van der Waals surface area contributed by atoms with E-state index in [1.54, 1.807) is 35.0 Å². The lowest BCUT2D eigenvalue weighted by atomic mass is 10.1. The molecule has 1 amide bonds. The summed E-state index contributed by atoms with van der Waals surface area (Å²) in [5.74, 6) is 0.165. The van der Waals surface area contributed by atoms with Crippen LogP contribution in [-0.4, -0.2) is 22.3 Å². The number of hydrogen-bond donors (Lipinski definition) is 2. The molecule has 1 heterocycles. The molecule has 0 saturated heterocycles. The topological polar surface area (TPSA) is 77.1 Å². The molecule has 3 N–H and O–H groups in total. The monoisotopic (exact) mass is 359 g/mol. The highest BCUT2D eigenvalue weighted by Gasteiger charge is 2.34. The molecule has 4 rings (SSSR count). The maximum Gasteiger partial charge on any atom is 0.272 e. The van der Waals surface area contributed by atoms with Crippen molar-refractivity contribution in [3.05, 3.63) is 89.7 Å². The van der Waals surface area contributed by atoms with Crippen molar-refractivity contribution in [2.24, 2.45) is 5.73 Å². The lowest BCUT2D eigenvalue weighted by Crippen LogP contribution is -2.19. The largest absolute Gasteiger partial charge is 0.336 e. The van der Waals surface area contributed by atoms with Crippen LogP contribution in [0.4, 0.5) is 5.69 Å². The molecule has 1 aliphatic rings. The first-order chi connectivity index (χ1) is 13.1. The average Bonchev–Trinajstić information content (AvgIpc) is 3.23. The highest BCUT2D eigenvalue weighted by molar-refractivity contribution is 6.04. The van der Waals surface area contributed by atoms with Crippen LogP contribution in [0.15, 0.2) is 72.9 Å². The summed E-state index contributed by atoms with van der Waals surface area (Å²) in [6, 6.07) is 20.6. The lowest BCUT2D eigenvalue weighted by molar-refractivity contribution is 0.0967. The van der Waals surface area contributed by atoms with Gasteiger partial charge in [0.2, 0.25) is 0 Å². The number of benzene rings is 2. The Morgan fingerprint density at radius 3 is 2.37 bits per heavy atom. The molecule has 0 unspecified atom stereocenters. The average molecular weight is 359 g/mol. The maximum absolute atomic E-state index is 12.6. The van der Waals surface area contributed by atoms with E-state index in [2.05, 4.69) is 5.32 Å². The van der Waals surface area contributed by atoms with E-state index in [1.807, 2.05) is 42.5 Å². The van der Waals surface area contributed by atoms with Crippen LogP contribution in [0.1, 0.15) is 38.7 Å². The van der Waals surface area contributed by atoms with Gasteiger partial charge in [-0.15, -0.1) is 0 Å². The zero-order chi connectivity index (χ0) is 18.8. The van der Waals surface area contributed by atoms with Crippen molar-refractivity contribution in [1.29, 1.82) is 0 Å². The van der Waals surface area contributed by atoms with E-state index in [0.29, 0.717) is 17.2 Å². The molecule has 5 nitrogen and oxygen atoms in total. The molecule has 2 atom stereocenters. The maximum atomic E-state index is 12.6. The van der Waals surface area contributed by atoms with Crippen molar-refractivity contribution >= 4 is 17.4 Å². The summed E-state index contributed by atoms with van der Waals surface area (Å²) in [6.45, 7) is 0.123. The van der Waals surface area contributed by atoms with E-state index in [-0.39, 0.29) is 24.3 Å². The molecule has 1 saturated carbocycles. The van der Waals surface area contributed by atoms with Crippen molar-refractivity contribution < 1.29 is 9.59 Å². The van der Waals surface area contributed by atoms with E-state index in [9.17, 15) is 9.59 Å². The minimum atomic E-state index is -0.239. The summed E-state index contributed by atoms with van der Waals surface area (Å²) in [5, 5.41) is 2.89. The molecular formula is C22H21N3O2. The van der Waals surface area contributed by atoms with Gasteiger partial charge < -0.3 is 15.6 Å². The highest BCUT2D eigenvalue weighted by Crippen LogP contribution is 2.39. The summed E-state index contributed by atoms with van der Waals surface area (Å²) in [4.78, 5) is 25.1. The number of nitrogens with zero attached hydrogens (tertiary/aromatic N) is 1. The van der Waals surface area contributed by atoms with Gasteiger partial charge >= 0.3 is 0 Å². The van der Waals surface area contributed by atoms with E-state index >= 15 is 0 Å². The van der Waals surface area contributed by atoms with Crippen LogP contribution >= 0.6 is 0 Å². The van der Waals surface area contributed by atoms with Crippen LogP contribution < -0.4 is 11.1 Å². The number of Topliss-reactive ketones (excluding diaryl/α,β-unsaturated/α-hetero) is 1. The van der Waals surface area contributed by atoms with Gasteiger partial charge in [-0.3, -0.25) is 9.59 Å². The number of nitrogens with two attached hydrogens (primary N) is 1. The summed E-state index contributed by atoms with van der Waals surface area (Å²) < 4.78 is 1.67. The van der Waals surface area contributed by atoms with E-state index in [0.717, 1.165) is 12.1 Å². The van der Waals surface area contributed by atoms with E-state index in [1.165, 1.54) is 5.56 Å². The standard InChI is InChI=1S/C22H21N3O2/c23-19-13-18(19)15-8-10-17(11-9-15)24-22(27)20-7-4-12-25(20)14-21(26)16-5-2-1-3-6-16/h1-12,18-19H,13-14,23H2,(H,24,27)/t18-,19+/m0/s1. The molecule has 5 heteroatoms. The summed E-state index contributed by atoms with van der Waals surface area (Å²) >= 11 is 0. The van der Waals surface area contributed by atoms with Crippen LogP contribution in [0, 0.1) is 0 Å². The van der Waals surface area contributed by atoms with Gasteiger partial charge in [-0.25, -0.2) is 0 Å². The Kier molecular flexibility index (Phi) is 4.60. The number of amides is 1. The Balaban J connectivity index is 1.44. The zero-order valence-corrected chi connectivity index (χ0v) is 14.8. The fourth-order valence-corrected chi connectivity index (χ4v) is 3.23. The second-order valence-electron chi connectivity index (χ2n) is 6.89. The summed E-state index contributed by atoms with van der Waals surface area (Å²) in [6.07, 6.45) is 2.77. The third-order valence-corrected chi connectivity index (χ3v) is 4.91. The fraction of sp³-hybridized carbons (Fsp3) is 0.182. The normalized spacial score (nSPS) is 18.1. The first kappa shape index (κ1) is 17.2. The number of ketones is 1. The van der Waals surface area contributed by atoms with Crippen LogP contribution in [0.2, 0.25) is 0 Å². The number of rotatable bonds is 6. The van der Waals surface area contributed by atoms with E-state index < -0.39 is 0 Å². The molecule has 136 valence electrons. The summed E-state index contributed by atoms with van der Waals surface area (Å²) in [7, 11) is 0. The number of anilines is 1. The minimum absolute atomic E-state index is 0.0361. The Bertz CT molecular complexity index is 961. The summed E-state index contributed by atoms with van der Waals surface area (Å²) in [5.41, 5.74) is 8.89. The first-order valence-corrected chi connectivity index (χ1v) is 9.02. The lowest BCUT2D eigenvalue weighted by Gasteiger charge is -2.10. The Labute approximate surface area is 157 Å². The van der Waals surface area contributed by atoms with Gasteiger partial charge in [0.25, 0.3) is 5.91 Å². The van der Waals surface area contributed by atoms with Gasteiger partial charge in [0.05, 0.1) is 6.54 Å². The van der Waals surface area contributed by atoms with Crippen molar-refractivity contribution in [2.75, 3.05) is 5.32 Å². The van der Waals surface area contributed by atoms with Gasteiger partial charge in [0.1, 0.15) is 5.69 Å². The highest BCUT2D eigenvalue weighted by atomic mass is 16.2. The molecule has 27 heavy (non-hydrogen) atoms. The molecule has 2 aromatic carbocycles. The number of carbonyl (C=O) groups excluding carboxylic acids is 2. The molecule has 1 fully saturated rings. The molecule has 0 aliphatic heterocycles. The van der Waals surface area contributed by atoms with Crippen LogP contribution in [0.3, 0.4) is 0 Å². The van der Waals surface area contributed by atoms with Crippen molar-refractivity contribution in [1.82, 2.24) is 4.57 Å². The second-order valence-corrected chi connectivity index (χ2v) is 6.89. The molecule has 0 bridgehead atoms. The van der Waals surface area contributed by atoms with Crippen LogP contribution in [-0.2, 0) is 6.54 Å². The van der Waals surface area contributed by atoms with Crippen molar-refractivity contribution in [3.8, 4) is 0 Å². The predicted molar refractivity (Wildman–Crippen MR) is 105 cm³/mol. The van der Waals surface area contributed by atoms with Crippen LogP contribution in [0.5, 0.6) is 0 Å². The first-order valence-electron chi connectivity index (χ1n) is 9.02. The predicted octanol–water partition coefficient (Wildman–Crippen LogP) is 3.44. The molecule has 0 spiro atoms. The van der Waals surface area contributed by atoms with Gasteiger partial charge in [-0.2, -0.15) is 0 Å². The van der Waals surface area contributed by atoms with Crippen molar-refractivity contribution in [2.45, 2.75) is 24.9 Å². The second kappa shape index (κ2) is 7.21. The van der Waals surface area contributed by atoms with Gasteiger partial charge in [0.15, 0.2) is 5.78 Å². The Hall–Kier alpha value is -3.18. The van der Waals surface area contributed by atoms with Gasteiger partial charge in [0, 0.05) is 29.4 Å². The van der Waals surface area contributed by atoms with Gasteiger partial charge in [-0.05, 0) is 36.2 Å². The Morgan fingerprint density at radius 1 is 1.00 bits per heavy atom. The van der Waals surface area contributed by atoms with E-state index in [4.69, 9.17) is 5.73 Å². The van der Waals surface area contributed by atoms with Crippen molar-refractivity contribution in [3.63, 3.8) is 0 Å². The molecule has 3 aromatic rings. The number of nitrogens with one attached hydrogen (secondary N) is 1. The third-order valence-electron chi connectivity index (χ3n) is 4.91. The number of aromatic nitrogens is 1. The third kappa shape index (κ3) is 3.83. The molecular weight excluding hydrogens is 338 g/mol. The Morgan fingerprint density at radius 2 is 1.70 bits per heavy atom. The zero-order valence-electron chi connectivity index (χ0n) is 14.8. The number of hydrogen-bond acceptors (Lipinski definition) is 3. The quantitative estimate of drug-likeness (QED) is 0.662. The molecule has 0 radical (unpaired) electrons. The molecule has 1 aliphatic carbocycles. The fourth-order valence-electron chi connectivity index (χ4n) is 3.23. The van der Waals surface area contributed by atoms with Gasteiger partial charge in [-0.1, -0.05) is 42.5 Å². The number of carbonyl (C=O) groups is 2. The minimum Gasteiger partial charge on any atom is -0.336 e.